The van der Waals surface area contributed by atoms with Gasteiger partial charge in [0.05, 0.1) is 0 Å². The standard InChI is InChI=1S/C14H16.C2H6/c1-11(2)13-9-8-12-6-4-3-5-7-14(12)10-13;1-2/h4-11H,3H2,1-2H3;1-2H3. The minimum absolute atomic E-state index is 0.612. The molecule has 0 amide bonds. The Kier molecular flexibility index (Phi) is 5.04. The highest BCUT2D eigenvalue weighted by Crippen LogP contribution is 2.22. The highest BCUT2D eigenvalue weighted by molar-refractivity contribution is 5.68. The van der Waals surface area contributed by atoms with E-state index in [1.165, 1.54) is 16.7 Å². The monoisotopic (exact) mass is 214 g/mol. The van der Waals surface area contributed by atoms with Gasteiger partial charge >= 0.3 is 0 Å². The molecule has 0 nitrogen and oxygen atoms in total. The van der Waals surface area contributed by atoms with Gasteiger partial charge in [-0.3, -0.25) is 0 Å². The summed E-state index contributed by atoms with van der Waals surface area (Å²) in [6.45, 7) is 8.47. The summed E-state index contributed by atoms with van der Waals surface area (Å²) in [5.74, 6) is 0.612. The summed E-state index contributed by atoms with van der Waals surface area (Å²) in [5.41, 5.74) is 4.11. The quantitative estimate of drug-likeness (QED) is 0.597. The lowest BCUT2D eigenvalue weighted by molar-refractivity contribution is 0.866. The molecule has 0 fully saturated rings. The molecule has 1 aliphatic rings. The average molecular weight is 214 g/mol. The van der Waals surface area contributed by atoms with E-state index in [0.717, 1.165) is 6.42 Å². The third-order valence-corrected chi connectivity index (χ3v) is 2.64. The SMILES string of the molecule is CC.CC(C)c1ccc2c(c1)C=CCC=C2. The fourth-order valence-corrected chi connectivity index (χ4v) is 1.72. The number of hydrogen-bond donors (Lipinski definition) is 0. The lowest BCUT2D eigenvalue weighted by atomic mass is 9.97. The van der Waals surface area contributed by atoms with Gasteiger partial charge in [0.15, 0.2) is 0 Å². The van der Waals surface area contributed by atoms with E-state index in [1.54, 1.807) is 0 Å². The molecule has 0 heteroatoms. The molecule has 0 bridgehead atoms. The highest BCUT2D eigenvalue weighted by atomic mass is 14.1. The maximum absolute atomic E-state index is 2.30. The Bertz CT molecular complexity index is 381. The second-order valence-electron chi connectivity index (χ2n) is 4.08. The van der Waals surface area contributed by atoms with Gasteiger partial charge in [0.25, 0.3) is 0 Å². The van der Waals surface area contributed by atoms with Crippen LogP contribution in [0.5, 0.6) is 0 Å². The van der Waals surface area contributed by atoms with E-state index < -0.39 is 0 Å². The van der Waals surface area contributed by atoms with Crippen LogP contribution in [0.3, 0.4) is 0 Å². The summed E-state index contributed by atoms with van der Waals surface area (Å²) in [7, 11) is 0. The highest BCUT2D eigenvalue weighted by Gasteiger charge is 2.03. The van der Waals surface area contributed by atoms with Gasteiger partial charge in [-0.05, 0) is 29.0 Å². The van der Waals surface area contributed by atoms with Crippen molar-refractivity contribution in [3.63, 3.8) is 0 Å². The van der Waals surface area contributed by atoms with E-state index in [0.29, 0.717) is 5.92 Å². The molecule has 1 aliphatic carbocycles. The van der Waals surface area contributed by atoms with Crippen LogP contribution in [0.25, 0.3) is 12.2 Å². The van der Waals surface area contributed by atoms with Crippen LogP contribution in [0.15, 0.2) is 30.4 Å². The van der Waals surface area contributed by atoms with Gasteiger partial charge in [-0.15, -0.1) is 0 Å². The molecule has 86 valence electrons. The van der Waals surface area contributed by atoms with Crippen molar-refractivity contribution >= 4 is 12.2 Å². The molecule has 0 radical (unpaired) electrons. The van der Waals surface area contributed by atoms with E-state index in [-0.39, 0.29) is 0 Å². The molecule has 16 heavy (non-hydrogen) atoms. The van der Waals surface area contributed by atoms with Crippen LogP contribution >= 0.6 is 0 Å². The summed E-state index contributed by atoms with van der Waals surface area (Å²) in [5, 5.41) is 0. The smallest absolute Gasteiger partial charge is 0.0162 e. The third kappa shape index (κ3) is 3.10. The van der Waals surface area contributed by atoms with Crippen molar-refractivity contribution in [3.05, 3.63) is 47.0 Å². The number of hydrogen-bond acceptors (Lipinski definition) is 0. The topological polar surface area (TPSA) is 0 Å². The maximum Gasteiger partial charge on any atom is -0.0162 e. The van der Waals surface area contributed by atoms with Crippen molar-refractivity contribution < 1.29 is 0 Å². The van der Waals surface area contributed by atoms with Gasteiger partial charge in [-0.2, -0.15) is 0 Å². The van der Waals surface area contributed by atoms with Crippen molar-refractivity contribution in [2.24, 2.45) is 0 Å². The molecule has 0 aliphatic heterocycles. The minimum Gasteiger partial charge on any atom is -0.0801 e. The van der Waals surface area contributed by atoms with Crippen molar-refractivity contribution in [1.82, 2.24) is 0 Å². The van der Waals surface area contributed by atoms with Crippen molar-refractivity contribution in [3.8, 4) is 0 Å². The molecule has 0 spiro atoms. The largest absolute Gasteiger partial charge is 0.0801 e. The first-order valence-electron chi connectivity index (χ1n) is 6.24. The number of fused-ring (bicyclic) bond motifs is 1. The summed E-state index contributed by atoms with van der Waals surface area (Å²) in [6.07, 6.45) is 9.90. The van der Waals surface area contributed by atoms with Crippen LogP contribution in [-0.2, 0) is 0 Å². The summed E-state index contributed by atoms with van der Waals surface area (Å²) >= 11 is 0. The van der Waals surface area contributed by atoms with Gasteiger partial charge in [0.2, 0.25) is 0 Å². The molecule has 0 saturated heterocycles. The summed E-state index contributed by atoms with van der Waals surface area (Å²) in [6, 6.07) is 6.75. The first-order chi connectivity index (χ1) is 7.77. The van der Waals surface area contributed by atoms with E-state index >= 15 is 0 Å². The fraction of sp³-hybridized carbons (Fsp3) is 0.375. The van der Waals surface area contributed by atoms with E-state index in [9.17, 15) is 0 Å². The van der Waals surface area contributed by atoms with Crippen LogP contribution in [0.2, 0.25) is 0 Å². The molecule has 0 atom stereocenters. The number of rotatable bonds is 1. The fourth-order valence-electron chi connectivity index (χ4n) is 1.72. The number of benzene rings is 1. The van der Waals surface area contributed by atoms with Gasteiger partial charge < -0.3 is 0 Å². The average Bonchev–Trinajstić information content (AvgIpc) is 2.55. The first-order valence-corrected chi connectivity index (χ1v) is 6.24. The lowest BCUT2D eigenvalue weighted by Crippen LogP contribution is -1.89. The van der Waals surface area contributed by atoms with Crippen LogP contribution in [0, 0.1) is 0 Å². The molecule has 0 saturated carbocycles. The van der Waals surface area contributed by atoms with Crippen LogP contribution in [0.4, 0.5) is 0 Å². The van der Waals surface area contributed by atoms with E-state index in [2.05, 4.69) is 56.4 Å². The third-order valence-electron chi connectivity index (χ3n) is 2.64. The van der Waals surface area contributed by atoms with Gasteiger partial charge in [-0.1, -0.05) is 70.2 Å². The van der Waals surface area contributed by atoms with E-state index in [1.807, 2.05) is 13.8 Å². The van der Waals surface area contributed by atoms with Crippen molar-refractivity contribution in [2.45, 2.75) is 40.0 Å². The van der Waals surface area contributed by atoms with Gasteiger partial charge in [-0.25, -0.2) is 0 Å². The Hall–Kier alpha value is -1.30. The Labute approximate surface area is 99.7 Å². The van der Waals surface area contributed by atoms with Crippen molar-refractivity contribution in [1.29, 1.82) is 0 Å². The number of allylic oxidation sites excluding steroid dienone is 2. The zero-order valence-electron chi connectivity index (χ0n) is 10.8. The zero-order valence-corrected chi connectivity index (χ0v) is 10.8. The van der Waals surface area contributed by atoms with Gasteiger partial charge in [0, 0.05) is 0 Å². The molecule has 0 unspecified atom stereocenters. The maximum atomic E-state index is 2.30. The first kappa shape index (κ1) is 12.8. The molecular formula is C16H22. The lowest BCUT2D eigenvalue weighted by Gasteiger charge is -2.08. The molecule has 2 rings (SSSR count). The molecule has 1 aromatic rings. The van der Waals surface area contributed by atoms with Crippen molar-refractivity contribution in [2.75, 3.05) is 0 Å². The van der Waals surface area contributed by atoms with Crippen LogP contribution in [-0.4, -0.2) is 0 Å². The second kappa shape index (κ2) is 6.32. The zero-order chi connectivity index (χ0) is 12.0. The Morgan fingerprint density at radius 1 is 0.938 bits per heavy atom. The summed E-state index contributed by atoms with van der Waals surface area (Å²) < 4.78 is 0. The molecular weight excluding hydrogens is 192 g/mol. The van der Waals surface area contributed by atoms with Crippen LogP contribution in [0.1, 0.15) is 56.7 Å². The minimum atomic E-state index is 0.612. The van der Waals surface area contributed by atoms with Gasteiger partial charge in [0.1, 0.15) is 0 Å². The van der Waals surface area contributed by atoms with E-state index in [4.69, 9.17) is 0 Å². The Morgan fingerprint density at radius 2 is 1.56 bits per heavy atom. The molecule has 0 aromatic heterocycles. The molecule has 1 aromatic carbocycles. The molecule has 0 heterocycles. The Morgan fingerprint density at radius 3 is 2.19 bits per heavy atom. The molecule has 0 N–H and O–H groups in total. The predicted molar refractivity (Wildman–Crippen MR) is 74.6 cm³/mol. The Balaban J connectivity index is 0.000000606. The predicted octanol–water partition coefficient (Wildman–Crippen LogP) is 5.27. The normalized spacial score (nSPS) is 12.8. The van der Waals surface area contributed by atoms with Crippen LogP contribution < -0.4 is 0 Å². The summed E-state index contributed by atoms with van der Waals surface area (Å²) in [4.78, 5) is 0. The second-order valence-corrected chi connectivity index (χ2v) is 4.08.